The van der Waals surface area contributed by atoms with E-state index in [1.54, 1.807) is 0 Å². The predicted octanol–water partition coefficient (Wildman–Crippen LogP) is 2.27. The van der Waals surface area contributed by atoms with E-state index in [9.17, 15) is 0 Å². The molecule has 0 fully saturated rings. The smallest absolute Gasteiger partial charge is 0.00792 e. The second kappa shape index (κ2) is 9.22. The third kappa shape index (κ3) is 8.27. The van der Waals surface area contributed by atoms with E-state index >= 15 is 0 Å². The minimum absolute atomic E-state index is 0.683. The van der Waals surface area contributed by atoms with E-state index in [0.29, 0.717) is 6.04 Å². The monoisotopic (exact) mass is 198 g/mol. The van der Waals surface area contributed by atoms with Crippen molar-refractivity contribution in [2.45, 2.75) is 38.6 Å². The normalized spacial score (nSPS) is 13.1. The molecule has 0 saturated heterocycles. The van der Waals surface area contributed by atoms with E-state index in [1.165, 1.54) is 25.8 Å². The molecule has 0 aromatic rings. The molecule has 0 aliphatic rings. The molecule has 0 amide bonds. The van der Waals surface area contributed by atoms with Crippen molar-refractivity contribution in [2.75, 3.05) is 27.2 Å². The fourth-order valence-corrected chi connectivity index (χ4v) is 1.56. The fourth-order valence-electron chi connectivity index (χ4n) is 1.56. The van der Waals surface area contributed by atoms with Gasteiger partial charge in [-0.05, 0) is 52.9 Å². The summed E-state index contributed by atoms with van der Waals surface area (Å²) in [6.45, 7) is 8.17. The van der Waals surface area contributed by atoms with Gasteiger partial charge in [0, 0.05) is 6.04 Å². The predicted molar refractivity (Wildman–Crippen MR) is 64.7 cm³/mol. The third-order valence-electron chi connectivity index (χ3n) is 2.38. The Balaban J connectivity index is 3.59. The summed E-state index contributed by atoms with van der Waals surface area (Å²) in [4.78, 5) is 2.25. The first kappa shape index (κ1) is 13.7. The van der Waals surface area contributed by atoms with Crippen molar-refractivity contribution in [3.05, 3.63) is 12.7 Å². The van der Waals surface area contributed by atoms with E-state index in [2.05, 4.69) is 37.8 Å². The molecule has 84 valence electrons. The zero-order valence-corrected chi connectivity index (χ0v) is 10.1. The van der Waals surface area contributed by atoms with E-state index in [0.717, 1.165) is 13.0 Å². The SMILES string of the molecule is C=CCCCC(CCN(C)C)NCC. The average molecular weight is 198 g/mol. The van der Waals surface area contributed by atoms with Crippen molar-refractivity contribution in [1.82, 2.24) is 10.2 Å². The number of nitrogens with zero attached hydrogens (tertiary/aromatic N) is 1. The average Bonchev–Trinajstić information content (AvgIpc) is 2.14. The van der Waals surface area contributed by atoms with Crippen molar-refractivity contribution in [2.24, 2.45) is 0 Å². The highest BCUT2D eigenvalue weighted by Gasteiger charge is 2.06. The first-order valence-electron chi connectivity index (χ1n) is 5.69. The van der Waals surface area contributed by atoms with Gasteiger partial charge in [0.05, 0.1) is 0 Å². The summed E-state index contributed by atoms with van der Waals surface area (Å²) in [5.74, 6) is 0. The molecule has 0 aromatic carbocycles. The minimum Gasteiger partial charge on any atom is -0.314 e. The van der Waals surface area contributed by atoms with Crippen molar-refractivity contribution < 1.29 is 0 Å². The van der Waals surface area contributed by atoms with Crippen molar-refractivity contribution >= 4 is 0 Å². The van der Waals surface area contributed by atoms with Gasteiger partial charge < -0.3 is 10.2 Å². The Morgan fingerprint density at radius 2 is 2.07 bits per heavy atom. The van der Waals surface area contributed by atoms with Gasteiger partial charge in [0.25, 0.3) is 0 Å². The lowest BCUT2D eigenvalue weighted by Gasteiger charge is -2.19. The number of rotatable bonds is 9. The van der Waals surface area contributed by atoms with Crippen LogP contribution in [0.15, 0.2) is 12.7 Å². The van der Waals surface area contributed by atoms with Crippen LogP contribution in [0.5, 0.6) is 0 Å². The topological polar surface area (TPSA) is 15.3 Å². The summed E-state index contributed by atoms with van der Waals surface area (Å²) < 4.78 is 0. The van der Waals surface area contributed by atoms with Crippen LogP contribution in [0.3, 0.4) is 0 Å². The van der Waals surface area contributed by atoms with Crippen LogP contribution >= 0.6 is 0 Å². The van der Waals surface area contributed by atoms with Crippen LogP contribution in [-0.2, 0) is 0 Å². The molecular formula is C12H26N2. The largest absolute Gasteiger partial charge is 0.314 e. The summed E-state index contributed by atoms with van der Waals surface area (Å²) in [6.07, 6.45) is 6.93. The molecule has 2 nitrogen and oxygen atoms in total. The molecule has 0 radical (unpaired) electrons. The summed E-state index contributed by atoms with van der Waals surface area (Å²) in [5, 5.41) is 3.54. The Bertz CT molecular complexity index is 132. The zero-order chi connectivity index (χ0) is 10.8. The summed E-state index contributed by atoms with van der Waals surface area (Å²) >= 11 is 0. The Labute approximate surface area is 89.4 Å². The van der Waals surface area contributed by atoms with E-state index in [-0.39, 0.29) is 0 Å². The van der Waals surface area contributed by atoms with Crippen LogP contribution in [0.4, 0.5) is 0 Å². The van der Waals surface area contributed by atoms with Crippen molar-refractivity contribution in [3.63, 3.8) is 0 Å². The molecule has 0 aliphatic heterocycles. The van der Waals surface area contributed by atoms with Crippen LogP contribution < -0.4 is 5.32 Å². The highest BCUT2D eigenvalue weighted by atomic mass is 15.1. The number of allylic oxidation sites excluding steroid dienone is 1. The van der Waals surface area contributed by atoms with Crippen molar-refractivity contribution in [3.8, 4) is 0 Å². The maximum Gasteiger partial charge on any atom is 0.00792 e. The maximum atomic E-state index is 3.75. The number of hydrogen-bond acceptors (Lipinski definition) is 2. The van der Waals surface area contributed by atoms with E-state index in [4.69, 9.17) is 0 Å². The van der Waals surface area contributed by atoms with Gasteiger partial charge in [-0.2, -0.15) is 0 Å². The molecule has 14 heavy (non-hydrogen) atoms. The third-order valence-corrected chi connectivity index (χ3v) is 2.38. The minimum atomic E-state index is 0.683. The van der Waals surface area contributed by atoms with Gasteiger partial charge >= 0.3 is 0 Å². The highest BCUT2D eigenvalue weighted by Crippen LogP contribution is 2.05. The molecule has 0 saturated carbocycles. The standard InChI is InChI=1S/C12H26N2/c1-5-7-8-9-12(13-6-2)10-11-14(3)4/h5,12-13H,1,6-11H2,2-4H3. The Kier molecular flexibility index (Phi) is 9.00. The van der Waals surface area contributed by atoms with Crippen LogP contribution in [0.2, 0.25) is 0 Å². The second-order valence-corrected chi connectivity index (χ2v) is 4.07. The van der Waals surface area contributed by atoms with Crippen molar-refractivity contribution in [1.29, 1.82) is 0 Å². The lowest BCUT2D eigenvalue weighted by atomic mass is 10.1. The fraction of sp³-hybridized carbons (Fsp3) is 0.833. The first-order valence-corrected chi connectivity index (χ1v) is 5.69. The van der Waals surface area contributed by atoms with Gasteiger partial charge in [-0.25, -0.2) is 0 Å². The molecule has 1 atom stereocenters. The van der Waals surface area contributed by atoms with Gasteiger partial charge in [-0.3, -0.25) is 0 Å². The Morgan fingerprint density at radius 3 is 2.57 bits per heavy atom. The second-order valence-electron chi connectivity index (χ2n) is 4.07. The molecule has 0 heterocycles. The molecule has 0 bridgehead atoms. The van der Waals surface area contributed by atoms with Gasteiger partial charge in [-0.15, -0.1) is 6.58 Å². The van der Waals surface area contributed by atoms with Crippen LogP contribution in [0.1, 0.15) is 32.6 Å². The van der Waals surface area contributed by atoms with Gasteiger partial charge in [0.1, 0.15) is 0 Å². The number of hydrogen-bond donors (Lipinski definition) is 1. The molecule has 0 aliphatic carbocycles. The Hall–Kier alpha value is -0.340. The lowest BCUT2D eigenvalue weighted by Crippen LogP contribution is -2.32. The quantitative estimate of drug-likeness (QED) is 0.452. The molecular weight excluding hydrogens is 172 g/mol. The van der Waals surface area contributed by atoms with Crippen LogP contribution in [0.25, 0.3) is 0 Å². The summed E-state index contributed by atoms with van der Waals surface area (Å²) in [6, 6.07) is 0.683. The summed E-state index contributed by atoms with van der Waals surface area (Å²) in [5.41, 5.74) is 0. The first-order chi connectivity index (χ1) is 6.70. The molecule has 1 N–H and O–H groups in total. The molecule has 2 heteroatoms. The number of nitrogens with one attached hydrogen (secondary N) is 1. The molecule has 1 unspecified atom stereocenters. The van der Waals surface area contributed by atoms with Gasteiger partial charge in [-0.1, -0.05) is 13.0 Å². The molecule has 0 aromatic heterocycles. The van der Waals surface area contributed by atoms with Crippen LogP contribution in [0, 0.1) is 0 Å². The van der Waals surface area contributed by atoms with E-state index in [1.807, 2.05) is 6.08 Å². The summed E-state index contributed by atoms with van der Waals surface area (Å²) in [7, 11) is 4.26. The van der Waals surface area contributed by atoms with E-state index < -0.39 is 0 Å². The highest BCUT2D eigenvalue weighted by molar-refractivity contribution is 4.71. The Morgan fingerprint density at radius 1 is 1.36 bits per heavy atom. The lowest BCUT2D eigenvalue weighted by molar-refractivity contribution is 0.348. The zero-order valence-electron chi connectivity index (χ0n) is 10.1. The van der Waals surface area contributed by atoms with Crippen LogP contribution in [-0.4, -0.2) is 38.1 Å². The maximum absolute atomic E-state index is 3.75. The van der Waals surface area contributed by atoms with Gasteiger partial charge in [0.15, 0.2) is 0 Å². The molecule has 0 spiro atoms. The molecule has 0 rings (SSSR count). The van der Waals surface area contributed by atoms with Gasteiger partial charge in [0.2, 0.25) is 0 Å². The number of unbranched alkanes of at least 4 members (excludes halogenated alkanes) is 1.